The Morgan fingerprint density at radius 1 is 1.12 bits per heavy atom. The lowest BCUT2D eigenvalue weighted by Crippen LogP contribution is -2.45. The maximum absolute atomic E-state index is 3.97. The number of hydrogen-bond donors (Lipinski definition) is 1. The summed E-state index contributed by atoms with van der Waals surface area (Å²) in [6.07, 6.45) is 8.55. The first-order chi connectivity index (χ1) is 8.20. The van der Waals surface area contributed by atoms with Crippen LogP contribution in [-0.2, 0) is 0 Å². The number of rotatable bonds is 4. The fourth-order valence-corrected chi connectivity index (χ4v) is 4.74. The van der Waals surface area contributed by atoms with E-state index in [-0.39, 0.29) is 0 Å². The molecule has 2 saturated carbocycles. The van der Waals surface area contributed by atoms with E-state index in [0.717, 1.165) is 29.2 Å². The molecule has 0 aromatic heterocycles. The summed E-state index contributed by atoms with van der Waals surface area (Å²) in [5.41, 5.74) is 0. The summed E-state index contributed by atoms with van der Waals surface area (Å²) >= 11 is 2.17. The fraction of sp³-hybridized carbons (Fsp3) is 1.00. The van der Waals surface area contributed by atoms with Crippen LogP contribution in [0.5, 0.6) is 0 Å². The third-order valence-electron chi connectivity index (χ3n) is 4.94. The average Bonchev–Trinajstić information content (AvgIpc) is 2.73. The van der Waals surface area contributed by atoms with Crippen LogP contribution in [-0.4, -0.2) is 23.1 Å². The van der Waals surface area contributed by atoms with Crippen molar-refractivity contribution in [2.45, 2.75) is 76.6 Å². The van der Waals surface area contributed by atoms with Gasteiger partial charge in [-0.3, -0.25) is 0 Å². The largest absolute Gasteiger partial charge is 0.311 e. The number of hydrogen-bond acceptors (Lipinski definition) is 2. The molecule has 5 unspecified atom stereocenters. The summed E-state index contributed by atoms with van der Waals surface area (Å²) in [7, 11) is 0. The second-order valence-electron chi connectivity index (χ2n) is 6.13. The van der Waals surface area contributed by atoms with Gasteiger partial charge in [-0.15, -0.1) is 0 Å². The minimum absolute atomic E-state index is 0.800. The van der Waals surface area contributed by atoms with Crippen molar-refractivity contribution in [2.24, 2.45) is 11.8 Å². The zero-order valence-electron chi connectivity index (χ0n) is 11.7. The van der Waals surface area contributed by atoms with E-state index in [4.69, 9.17) is 0 Å². The second kappa shape index (κ2) is 6.47. The zero-order chi connectivity index (χ0) is 12.3. The highest BCUT2D eigenvalue weighted by molar-refractivity contribution is 7.99. The van der Waals surface area contributed by atoms with Gasteiger partial charge in [0.15, 0.2) is 0 Å². The summed E-state index contributed by atoms with van der Waals surface area (Å²) in [4.78, 5) is 0. The van der Waals surface area contributed by atoms with Gasteiger partial charge in [0.05, 0.1) is 0 Å². The molecule has 0 radical (unpaired) electrons. The van der Waals surface area contributed by atoms with Crippen molar-refractivity contribution < 1.29 is 0 Å². The maximum Gasteiger partial charge on any atom is 0.00978 e. The molecule has 0 aliphatic heterocycles. The first-order valence-corrected chi connectivity index (χ1v) is 8.63. The Kier molecular flexibility index (Phi) is 5.23. The summed E-state index contributed by atoms with van der Waals surface area (Å²) in [5, 5.41) is 4.91. The Morgan fingerprint density at radius 2 is 1.94 bits per heavy atom. The Hall–Kier alpha value is 0.310. The SMILES string of the molecule is CCSC1CCC(NC2CCCC(C)C2C)C1. The highest BCUT2D eigenvalue weighted by Gasteiger charge is 2.31. The van der Waals surface area contributed by atoms with Crippen LogP contribution in [0.1, 0.15) is 59.3 Å². The molecule has 0 amide bonds. The summed E-state index contributed by atoms with van der Waals surface area (Å²) in [6, 6.07) is 1.62. The number of nitrogens with one attached hydrogen (secondary N) is 1. The molecule has 0 spiro atoms. The van der Waals surface area contributed by atoms with E-state index in [2.05, 4.69) is 37.8 Å². The van der Waals surface area contributed by atoms with Crippen LogP contribution in [0.15, 0.2) is 0 Å². The molecule has 2 aliphatic carbocycles. The average molecular weight is 255 g/mol. The summed E-state index contributed by atoms with van der Waals surface area (Å²) < 4.78 is 0. The van der Waals surface area contributed by atoms with Crippen molar-refractivity contribution in [1.29, 1.82) is 0 Å². The second-order valence-corrected chi connectivity index (χ2v) is 7.71. The van der Waals surface area contributed by atoms with Crippen molar-refractivity contribution in [3.63, 3.8) is 0 Å². The highest BCUT2D eigenvalue weighted by atomic mass is 32.2. The lowest BCUT2D eigenvalue weighted by molar-refractivity contribution is 0.194. The van der Waals surface area contributed by atoms with E-state index in [9.17, 15) is 0 Å². The van der Waals surface area contributed by atoms with Crippen molar-refractivity contribution in [2.75, 3.05) is 5.75 Å². The van der Waals surface area contributed by atoms with Crippen LogP contribution in [0.25, 0.3) is 0 Å². The minimum atomic E-state index is 0.800. The fourth-order valence-electron chi connectivity index (χ4n) is 3.60. The maximum atomic E-state index is 3.97. The van der Waals surface area contributed by atoms with E-state index >= 15 is 0 Å². The van der Waals surface area contributed by atoms with Crippen LogP contribution in [0, 0.1) is 11.8 Å². The van der Waals surface area contributed by atoms with Crippen LogP contribution in [0.4, 0.5) is 0 Å². The molecule has 2 heteroatoms. The lowest BCUT2D eigenvalue weighted by atomic mass is 9.78. The topological polar surface area (TPSA) is 12.0 Å². The van der Waals surface area contributed by atoms with E-state index in [1.54, 1.807) is 0 Å². The van der Waals surface area contributed by atoms with Crippen molar-refractivity contribution in [3.05, 3.63) is 0 Å². The predicted molar refractivity (Wildman–Crippen MR) is 78.7 cm³/mol. The molecular weight excluding hydrogens is 226 g/mol. The molecule has 0 aromatic rings. The van der Waals surface area contributed by atoms with Gasteiger partial charge >= 0.3 is 0 Å². The predicted octanol–water partition coefficient (Wildman–Crippen LogP) is 4.07. The summed E-state index contributed by atoms with van der Waals surface area (Å²) in [6.45, 7) is 7.17. The Balaban J connectivity index is 1.77. The quantitative estimate of drug-likeness (QED) is 0.812. The first-order valence-electron chi connectivity index (χ1n) is 7.58. The Bertz CT molecular complexity index is 231. The van der Waals surface area contributed by atoms with Gasteiger partial charge in [0.25, 0.3) is 0 Å². The Labute approximate surface area is 112 Å². The molecule has 0 heterocycles. The molecule has 5 atom stereocenters. The minimum Gasteiger partial charge on any atom is -0.311 e. The molecule has 2 fully saturated rings. The van der Waals surface area contributed by atoms with Gasteiger partial charge in [0.1, 0.15) is 0 Å². The molecule has 2 rings (SSSR count). The Morgan fingerprint density at radius 3 is 2.71 bits per heavy atom. The van der Waals surface area contributed by atoms with Crippen molar-refractivity contribution >= 4 is 11.8 Å². The monoisotopic (exact) mass is 255 g/mol. The van der Waals surface area contributed by atoms with E-state index in [1.165, 1.54) is 44.3 Å². The van der Waals surface area contributed by atoms with E-state index in [1.807, 2.05) is 0 Å². The van der Waals surface area contributed by atoms with Crippen LogP contribution < -0.4 is 5.32 Å². The van der Waals surface area contributed by atoms with Crippen molar-refractivity contribution in [1.82, 2.24) is 5.32 Å². The smallest absolute Gasteiger partial charge is 0.00978 e. The standard InChI is InChI=1S/C15H29NS/c1-4-17-14-9-8-13(10-14)16-15-7-5-6-11(2)12(15)3/h11-16H,4-10H2,1-3H3. The number of thioether (sulfide) groups is 1. The molecule has 0 saturated heterocycles. The zero-order valence-corrected chi connectivity index (χ0v) is 12.6. The molecule has 0 aromatic carbocycles. The van der Waals surface area contributed by atoms with Gasteiger partial charge in [0.2, 0.25) is 0 Å². The van der Waals surface area contributed by atoms with Gasteiger partial charge in [-0.1, -0.05) is 33.6 Å². The lowest BCUT2D eigenvalue weighted by Gasteiger charge is -2.36. The molecule has 100 valence electrons. The van der Waals surface area contributed by atoms with E-state index < -0.39 is 0 Å². The molecule has 0 bridgehead atoms. The van der Waals surface area contributed by atoms with Crippen molar-refractivity contribution in [3.8, 4) is 0 Å². The van der Waals surface area contributed by atoms with Gasteiger partial charge in [0, 0.05) is 17.3 Å². The molecule has 1 N–H and O–H groups in total. The van der Waals surface area contributed by atoms with Gasteiger partial charge < -0.3 is 5.32 Å². The third kappa shape index (κ3) is 3.64. The van der Waals surface area contributed by atoms with Crippen LogP contribution in [0.2, 0.25) is 0 Å². The van der Waals surface area contributed by atoms with E-state index in [0.29, 0.717) is 0 Å². The van der Waals surface area contributed by atoms with Crippen LogP contribution in [0.3, 0.4) is 0 Å². The summed E-state index contributed by atoms with van der Waals surface area (Å²) in [5.74, 6) is 3.08. The van der Waals surface area contributed by atoms with Gasteiger partial charge in [-0.05, 0) is 43.3 Å². The van der Waals surface area contributed by atoms with Gasteiger partial charge in [-0.25, -0.2) is 0 Å². The molecule has 2 aliphatic rings. The van der Waals surface area contributed by atoms with Gasteiger partial charge in [-0.2, -0.15) is 11.8 Å². The molecular formula is C15H29NS. The normalized spacial score (nSPS) is 42.9. The molecule has 17 heavy (non-hydrogen) atoms. The third-order valence-corrected chi connectivity index (χ3v) is 6.18. The highest BCUT2D eigenvalue weighted by Crippen LogP contribution is 2.33. The molecule has 1 nitrogen and oxygen atoms in total. The van der Waals surface area contributed by atoms with Crippen LogP contribution >= 0.6 is 11.8 Å². The first kappa shape index (κ1) is 13.7.